The van der Waals surface area contributed by atoms with Gasteiger partial charge in [0, 0.05) is 17.5 Å². The Balaban J connectivity index is 2.21. The second kappa shape index (κ2) is 6.67. The average molecular weight is 339 g/mol. The van der Waals surface area contributed by atoms with E-state index < -0.39 is 5.41 Å². The van der Waals surface area contributed by atoms with Gasteiger partial charge in [-0.15, -0.1) is 0 Å². The Morgan fingerprint density at radius 3 is 2.44 bits per heavy atom. The van der Waals surface area contributed by atoms with Gasteiger partial charge in [0.25, 0.3) is 5.69 Å². The molecular weight excluding hydrogens is 318 g/mol. The first-order valence-corrected chi connectivity index (χ1v) is 8.43. The molecule has 1 aliphatic heterocycles. The van der Waals surface area contributed by atoms with Gasteiger partial charge in [0.15, 0.2) is 0 Å². The van der Waals surface area contributed by atoms with Gasteiger partial charge in [-0.25, -0.2) is 0 Å². The molecule has 0 aliphatic carbocycles. The molecule has 0 spiro atoms. The van der Waals surface area contributed by atoms with Crippen molar-refractivity contribution in [1.29, 1.82) is 0 Å². The van der Waals surface area contributed by atoms with E-state index in [1.165, 1.54) is 6.07 Å². The molecule has 1 fully saturated rings. The maximum atomic E-state index is 12.9. The summed E-state index contributed by atoms with van der Waals surface area (Å²) in [4.78, 5) is 24.0. The number of nitrogens with zero attached hydrogens (tertiary/aromatic N) is 1. The third-order valence-corrected chi connectivity index (χ3v) is 4.87. The van der Waals surface area contributed by atoms with Gasteiger partial charge in [-0.05, 0) is 17.9 Å². The number of carbonyl (C=O) groups is 1. The van der Waals surface area contributed by atoms with Gasteiger partial charge < -0.3 is 4.74 Å². The van der Waals surface area contributed by atoms with Crippen LogP contribution in [0.5, 0.6) is 0 Å². The molecule has 1 aliphatic rings. The molecule has 0 amide bonds. The highest BCUT2D eigenvalue weighted by molar-refractivity contribution is 5.87. The Hall–Kier alpha value is -2.69. The fourth-order valence-electron chi connectivity index (χ4n) is 3.92. The Morgan fingerprint density at radius 1 is 1.16 bits per heavy atom. The second-order valence-electron chi connectivity index (χ2n) is 6.90. The summed E-state index contributed by atoms with van der Waals surface area (Å²) in [6.45, 7) is 4.25. The molecule has 5 heteroatoms. The summed E-state index contributed by atoms with van der Waals surface area (Å²) in [7, 11) is 0. The predicted molar refractivity (Wildman–Crippen MR) is 94.4 cm³/mol. The molecule has 2 aromatic rings. The highest BCUT2D eigenvalue weighted by Crippen LogP contribution is 2.50. The van der Waals surface area contributed by atoms with Crippen molar-refractivity contribution >= 4 is 11.7 Å². The summed E-state index contributed by atoms with van der Waals surface area (Å²) < 4.78 is 5.46. The van der Waals surface area contributed by atoms with Crippen molar-refractivity contribution in [1.82, 2.24) is 0 Å². The maximum Gasteiger partial charge on any atom is 0.317 e. The van der Waals surface area contributed by atoms with E-state index in [2.05, 4.69) is 0 Å². The normalized spacial score (nSPS) is 22.8. The standard InChI is InChI=1S/C20H21NO4/c1-14(2)12-20(15-8-4-3-5-9-15)17(13-25-19(20)22)16-10-6-7-11-18(16)21(23)24/h3-11,14,17H,12-13H2,1-2H3. The van der Waals surface area contributed by atoms with Gasteiger partial charge in [-0.3, -0.25) is 14.9 Å². The van der Waals surface area contributed by atoms with Crippen molar-refractivity contribution in [2.75, 3.05) is 6.61 Å². The third kappa shape index (κ3) is 2.90. The molecule has 130 valence electrons. The Kier molecular flexibility index (Phi) is 4.57. The zero-order chi connectivity index (χ0) is 18.0. The monoisotopic (exact) mass is 339 g/mol. The molecule has 2 atom stereocenters. The van der Waals surface area contributed by atoms with Gasteiger partial charge in [-0.1, -0.05) is 62.4 Å². The number of rotatable bonds is 5. The van der Waals surface area contributed by atoms with E-state index in [0.29, 0.717) is 12.0 Å². The van der Waals surface area contributed by atoms with E-state index in [-0.39, 0.29) is 35.0 Å². The minimum absolute atomic E-state index is 0.0369. The van der Waals surface area contributed by atoms with Crippen molar-refractivity contribution in [2.24, 2.45) is 5.92 Å². The van der Waals surface area contributed by atoms with Gasteiger partial charge in [0.2, 0.25) is 0 Å². The van der Waals surface area contributed by atoms with E-state index in [1.807, 2.05) is 44.2 Å². The first-order valence-electron chi connectivity index (χ1n) is 8.43. The quantitative estimate of drug-likeness (QED) is 0.464. The van der Waals surface area contributed by atoms with E-state index in [9.17, 15) is 14.9 Å². The van der Waals surface area contributed by atoms with Crippen LogP contribution < -0.4 is 0 Å². The average Bonchev–Trinajstić information content (AvgIpc) is 2.92. The van der Waals surface area contributed by atoms with E-state index in [0.717, 1.165) is 5.56 Å². The highest BCUT2D eigenvalue weighted by Gasteiger charge is 2.55. The summed E-state index contributed by atoms with van der Waals surface area (Å²) in [5.74, 6) is -0.446. The zero-order valence-electron chi connectivity index (χ0n) is 14.3. The Labute approximate surface area is 146 Å². The summed E-state index contributed by atoms with van der Waals surface area (Å²) in [5.41, 5.74) is 0.550. The van der Waals surface area contributed by atoms with Crippen molar-refractivity contribution < 1.29 is 14.5 Å². The van der Waals surface area contributed by atoms with Crippen LogP contribution in [0.2, 0.25) is 0 Å². The van der Waals surface area contributed by atoms with E-state index in [4.69, 9.17) is 4.74 Å². The number of hydrogen-bond acceptors (Lipinski definition) is 4. The van der Waals surface area contributed by atoms with Gasteiger partial charge in [-0.2, -0.15) is 0 Å². The smallest absolute Gasteiger partial charge is 0.317 e. The van der Waals surface area contributed by atoms with Crippen molar-refractivity contribution in [3.05, 3.63) is 75.8 Å². The maximum absolute atomic E-state index is 12.9. The summed E-state index contributed by atoms with van der Waals surface area (Å²) >= 11 is 0. The lowest BCUT2D eigenvalue weighted by atomic mass is 9.65. The van der Waals surface area contributed by atoms with Crippen LogP contribution in [0, 0.1) is 16.0 Å². The van der Waals surface area contributed by atoms with Crippen LogP contribution >= 0.6 is 0 Å². The van der Waals surface area contributed by atoms with E-state index >= 15 is 0 Å². The largest absolute Gasteiger partial charge is 0.464 e. The summed E-state index contributed by atoms with van der Waals surface area (Å²) in [6, 6.07) is 16.1. The number of esters is 1. The van der Waals surface area contributed by atoms with Crippen molar-refractivity contribution in [2.45, 2.75) is 31.6 Å². The van der Waals surface area contributed by atoms with Crippen LogP contribution in [0.15, 0.2) is 54.6 Å². The molecule has 0 aromatic heterocycles. The lowest BCUT2D eigenvalue weighted by molar-refractivity contribution is -0.385. The second-order valence-corrected chi connectivity index (χ2v) is 6.90. The lowest BCUT2D eigenvalue weighted by Gasteiger charge is -2.33. The molecule has 5 nitrogen and oxygen atoms in total. The molecule has 0 N–H and O–H groups in total. The Bertz CT molecular complexity index is 787. The van der Waals surface area contributed by atoms with Crippen LogP contribution in [0.4, 0.5) is 5.69 Å². The number of para-hydroxylation sites is 1. The molecule has 0 saturated carbocycles. The summed E-state index contributed by atoms with van der Waals surface area (Å²) in [6.07, 6.45) is 0.576. The zero-order valence-corrected chi connectivity index (χ0v) is 14.3. The number of nitro benzene ring substituents is 1. The molecular formula is C20H21NO4. The fourth-order valence-corrected chi connectivity index (χ4v) is 3.92. The topological polar surface area (TPSA) is 69.4 Å². The van der Waals surface area contributed by atoms with Gasteiger partial charge >= 0.3 is 5.97 Å². The van der Waals surface area contributed by atoms with Crippen LogP contribution in [0.3, 0.4) is 0 Å². The number of hydrogen-bond donors (Lipinski definition) is 0. The number of cyclic esters (lactones) is 1. The van der Waals surface area contributed by atoms with Gasteiger partial charge in [0.05, 0.1) is 11.5 Å². The van der Waals surface area contributed by atoms with Crippen LogP contribution in [-0.4, -0.2) is 17.5 Å². The fraction of sp³-hybridized carbons (Fsp3) is 0.350. The first kappa shape index (κ1) is 17.1. The molecule has 1 saturated heterocycles. The predicted octanol–water partition coefficient (Wildman–Crippen LogP) is 4.22. The van der Waals surface area contributed by atoms with Crippen molar-refractivity contribution in [3.8, 4) is 0 Å². The van der Waals surface area contributed by atoms with Gasteiger partial charge in [0.1, 0.15) is 5.41 Å². The van der Waals surface area contributed by atoms with Crippen LogP contribution in [0.1, 0.15) is 37.3 Å². The molecule has 25 heavy (non-hydrogen) atoms. The molecule has 0 bridgehead atoms. The molecule has 2 aromatic carbocycles. The minimum Gasteiger partial charge on any atom is -0.464 e. The lowest BCUT2D eigenvalue weighted by Crippen LogP contribution is -2.38. The molecule has 1 heterocycles. The van der Waals surface area contributed by atoms with E-state index in [1.54, 1.807) is 18.2 Å². The first-order chi connectivity index (χ1) is 12.0. The SMILES string of the molecule is CC(C)CC1(c2ccccc2)C(=O)OCC1c1ccccc1[N+](=O)[O-]. The number of nitro groups is 1. The summed E-state index contributed by atoms with van der Waals surface area (Å²) in [5, 5.41) is 11.5. The number of benzene rings is 2. The minimum atomic E-state index is -0.901. The van der Waals surface area contributed by atoms with Crippen LogP contribution in [0.25, 0.3) is 0 Å². The number of carbonyl (C=O) groups excluding carboxylic acids is 1. The number of ether oxygens (including phenoxy) is 1. The molecule has 3 rings (SSSR count). The van der Waals surface area contributed by atoms with Crippen molar-refractivity contribution in [3.63, 3.8) is 0 Å². The van der Waals surface area contributed by atoms with Crippen LogP contribution in [-0.2, 0) is 14.9 Å². The highest BCUT2D eigenvalue weighted by atomic mass is 16.6. The third-order valence-electron chi connectivity index (χ3n) is 4.87. The Morgan fingerprint density at radius 2 is 1.80 bits per heavy atom. The molecule has 2 unspecified atom stereocenters. The molecule has 0 radical (unpaired) electrons.